The summed E-state index contributed by atoms with van der Waals surface area (Å²) in [6.45, 7) is 1.29. The lowest BCUT2D eigenvalue weighted by molar-refractivity contribution is -0.134. The van der Waals surface area contributed by atoms with E-state index in [9.17, 15) is 9.59 Å². The van der Waals surface area contributed by atoms with Crippen molar-refractivity contribution in [1.82, 2.24) is 14.3 Å². The van der Waals surface area contributed by atoms with Gasteiger partial charge >= 0.3 is 0 Å². The number of hydrogen-bond donors (Lipinski definition) is 1. The second-order valence-electron chi connectivity index (χ2n) is 7.68. The molecule has 0 atom stereocenters. The van der Waals surface area contributed by atoms with Crippen LogP contribution in [-0.4, -0.2) is 42.7 Å². The van der Waals surface area contributed by atoms with E-state index in [0.717, 1.165) is 18.7 Å². The number of amides is 1. The van der Waals surface area contributed by atoms with Crippen LogP contribution >= 0.6 is 24.0 Å². The number of furan rings is 1. The first kappa shape index (κ1) is 26.6. The number of aromatic nitrogens is 2. The van der Waals surface area contributed by atoms with Crippen molar-refractivity contribution in [2.24, 2.45) is 0 Å². The van der Waals surface area contributed by atoms with Gasteiger partial charge < -0.3 is 19.0 Å². The molecular formula is C26H21N3O7S2. The number of ether oxygens (including phenoxy) is 2. The Morgan fingerprint density at radius 1 is 1.13 bits per heavy atom. The monoisotopic (exact) mass is 551 g/mol. The molecule has 1 saturated heterocycles. The van der Waals surface area contributed by atoms with Crippen LogP contribution in [0.2, 0.25) is 0 Å². The summed E-state index contributed by atoms with van der Waals surface area (Å²) in [6, 6.07) is 15.7. The minimum absolute atomic E-state index is 0.0528. The van der Waals surface area contributed by atoms with Gasteiger partial charge in [0, 0.05) is 13.1 Å². The van der Waals surface area contributed by atoms with Crippen molar-refractivity contribution >= 4 is 51.9 Å². The molecule has 5 rings (SSSR count). The highest BCUT2D eigenvalue weighted by Gasteiger charge is 2.33. The first-order valence-electron chi connectivity index (χ1n) is 11.1. The predicted molar refractivity (Wildman–Crippen MR) is 145 cm³/mol. The van der Waals surface area contributed by atoms with E-state index in [1.54, 1.807) is 60.8 Å². The van der Waals surface area contributed by atoms with E-state index in [0.29, 0.717) is 27.2 Å². The number of para-hydroxylation sites is 2. The molecule has 0 radical (unpaired) electrons. The number of carbonyl (C=O) groups is 2. The van der Waals surface area contributed by atoms with Gasteiger partial charge in [-0.25, -0.2) is 0 Å². The average molecular weight is 552 g/mol. The van der Waals surface area contributed by atoms with Gasteiger partial charge in [0.15, 0.2) is 11.5 Å². The van der Waals surface area contributed by atoms with E-state index in [-0.39, 0.29) is 34.4 Å². The molecule has 4 heterocycles. The third-order valence-corrected chi connectivity index (χ3v) is 6.43. The number of carboxylic acid groups (broad SMARTS) is 1. The maximum absolute atomic E-state index is 13.4. The fourth-order valence-corrected chi connectivity index (χ4v) is 4.65. The summed E-state index contributed by atoms with van der Waals surface area (Å²) in [5.41, 5.74) is 0.139. The highest BCUT2D eigenvalue weighted by Crippen LogP contribution is 2.36. The molecular weight excluding hydrogens is 530 g/mol. The van der Waals surface area contributed by atoms with Crippen molar-refractivity contribution in [2.45, 2.75) is 13.5 Å². The Balaban J connectivity index is 0.000000786. The van der Waals surface area contributed by atoms with Gasteiger partial charge in [-0.2, -0.15) is 4.98 Å². The first-order valence-corrected chi connectivity index (χ1v) is 12.3. The number of fused-ring (bicyclic) bond motifs is 1. The quantitative estimate of drug-likeness (QED) is 0.269. The summed E-state index contributed by atoms with van der Waals surface area (Å²) in [5.74, 6) is 0.361. The lowest BCUT2D eigenvalue weighted by Crippen LogP contribution is -2.27. The molecule has 0 unspecified atom stereocenters. The summed E-state index contributed by atoms with van der Waals surface area (Å²) in [5, 5.41) is 7.42. The summed E-state index contributed by atoms with van der Waals surface area (Å²) in [6.07, 6.45) is 4.62. The number of pyridine rings is 1. The van der Waals surface area contributed by atoms with Crippen molar-refractivity contribution in [2.75, 3.05) is 7.11 Å². The molecule has 0 bridgehead atoms. The summed E-state index contributed by atoms with van der Waals surface area (Å²) < 4.78 is 18.5. The van der Waals surface area contributed by atoms with E-state index < -0.39 is 5.97 Å². The van der Waals surface area contributed by atoms with Crippen molar-refractivity contribution in [3.63, 3.8) is 0 Å². The first-order chi connectivity index (χ1) is 18.3. The zero-order valence-electron chi connectivity index (χ0n) is 20.2. The average Bonchev–Trinajstić information content (AvgIpc) is 3.50. The molecule has 0 aliphatic carbocycles. The molecule has 1 amide bonds. The van der Waals surface area contributed by atoms with E-state index in [1.807, 2.05) is 0 Å². The van der Waals surface area contributed by atoms with Crippen molar-refractivity contribution in [1.29, 1.82) is 0 Å². The van der Waals surface area contributed by atoms with Gasteiger partial charge in [0.25, 0.3) is 17.4 Å². The molecule has 1 fully saturated rings. The summed E-state index contributed by atoms with van der Waals surface area (Å²) in [4.78, 5) is 41.7. The fraction of sp³-hybridized carbons (Fsp3) is 0.115. The number of carbonyl (C=O) groups excluding carboxylic acids is 1. The number of hydrogen-bond acceptors (Lipinski definition) is 9. The molecule has 194 valence electrons. The fourth-order valence-electron chi connectivity index (χ4n) is 3.42. The Morgan fingerprint density at radius 3 is 2.53 bits per heavy atom. The molecule has 1 aliphatic heterocycles. The Labute approximate surface area is 226 Å². The lowest BCUT2D eigenvalue weighted by Gasteiger charge is -2.13. The van der Waals surface area contributed by atoms with Crippen LogP contribution in [0.3, 0.4) is 0 Å². The normalized spacial score (nSPS) is 13.9. The van der Waals surface area contributed by atoms with E-state index in [4.69, 9.17) is 36.0 Å². The highest BCUT2D eigenvalue weighted by molar-refractivity contribution is 8.26. The molecule has 4 aromatic rings. The van der Waals surface area contributed by atoms with Gasteiger partial charge in [0.1, 0.15) is 21.3 Å². The van der Waals surface area contributed by atoms with Crippen LogP contribution in [0.1, 0.15) is 18.2 Å². The number of thioether (sulfide) groups is 1. The standard InChI is InChI=1S/C24H17N3O5S2.C2H4O2/c1-30-17-8-2-3-9-18(17)32-21-16(22(28)26-11-5-4-10-20(26)25-21)13-19-23(29)27(24(33)34-19)14-15-7-6-12-31-15;1-2(3)4/h2-13H,14H2,1H3;1H3,(H,3,4)/b19-13+;. The van der Waals surface area contributed by atoms with Crippen molar-refractivity contribution in [3.8, 4) is 17.4 Å². The molecule has 1 N–H and O–H groups in total. The number of benzene rings is 1. The highest BCUT2D eigenvalue weighted by atomic mass is 32.2. The molecule has 1 aliphatic rings. The van der Waals surface area contributed by atoms with Crippen LogP contribution in [-0.2, 0) is 16.1 Å². The molecule has 12 heteroatoms. The van der Waals surface area contributed by atoms with Crippen LogP contribution in [0.5, 0.6) is 17.4 Å². The zero-order chi connectivity index (χ0) is 27.2. The number of rotatable bonds is 6. The van der Waals surface area contributed by atoms with Crippen molar-refractivity contribution < 1.29 is 28.6 Å². The van der Waals surface area contributed by atoms with Gasteiger partial charge in [-0.3, -0.25) is 23.7 Å². The summed E-state index contributed by atoms with van der Waals surface area (Å²) in [7, 11) is 1.52. The second-order valence-corrected chi connectivity index (χ2v) is 9.36. The Bertz CT molecular complexity index is 1590. The third-order valence-electron chi connectivity index (χ3n) is 5.05. The maximum atomic E-state index is 13.4. The molecule has 3 aromatic heterocycles. The minimum atomic E-state index is -0.833. The Hall–Kier alpha value is -4.42. The lowest BCUT2D eigenvalue weighted by atomic mass is 10.2. The van der Waals surface area contributed by atoms with Gasteiger partial charge in [-0.05, 0) is 42.5 Å². The van der Waals surface area contributed by atoms with Crippen LogP contribution in [0.15, 0.2) is 81.2 Å². The van der Waals surface area contributed by atoms with E-state index >= 15 is 0 Å². The Kier molecular flexibility index (Phi) is 8.24. The second kappa shape index (κ2) is 11.8. The number of carboxylic acids is 1. The predicted octanol–water partition coefficient (Wildman–Crippen LogP) is 4.58. The van der Waals surface area contributed by atoms with Crippen LogP contribution in [0, 0.1) is 0 Å². The molecule has 10 nitrogen and oxygen atoms in total. The van der Waals surface area contributed by atoms with Crippen LogP contribution < -0.4 is 15.0 Å². The van der Waals surface area contributed by atoms with Gasteiger partial charge in [0.2, 0.25) is 5.88 Å². The molecule has 0 saturated carbocycles. The summed E-state index contributed by atoms with van der Waals surface area (Å²) >= 11 is 6.51. The maximum Gasteiger partial charge on any atom is 0.300 e. The third kappa shape index (κ3) is 5.93. The van der Waals surface area contributed by atoms with Crippen LogP contribution in [0.25, 0.3) is 11.7 Å². The van der Waals surface area contributed by atoms with Gasteiger partial charge in [-0.1, -0.05) is 42.2 Å². The van der Waals surface area contributed by atoms with Gasteiger partial charge in [0.05, 0.1) is 24.8 Å². The molecule has 38 heavy (non-hydrogen) atoms. The van der Waals surface area contributed by atoms with Gasteiger partial charge in [-0.15, -0.1) is 0 Å². The SMILES string of the molecule is CC(=O)O.COc1ccccc1Oc1nc2ccccn2c(=O)c1/C=C1/SC(=S)N(Cc2ccco2)C1=O. The number of aliphatic carboxylic acids is 1. The number of thiocarbonyl (C=S) groups is 1. The van der Waals surface area contributed by atoms with E-state index in [1.165, 1.54) is 28.7 Å². The van der Waals surface area contributed by atoms with Crippen LogP contribution in [0.4, 0.5) is 0 Å². The smallest absolute Gasteiger partial charge is 0.300 e. The van der Waals surface area contributed by atoms with E-state index in [2.05, 4.69) is 4.98 Å². The molecule has 0 spiro atoms. The number of nitrogens with zero attached hydrogens (tertiary/aromatic N) is 3. The number of methoxy groups -OCH3 is 1. The van der Waals surface area contributed by atoms with Crippen molar-refractivity contribution in [3.05, 3.63) is 93.6 Å². The topological polar surface area (TPSA) is 124 Å². The minimum Gasteiger partial charge on any atom is -0.493 e. The largest absolute Gasteiger partial charge is 0.493 e. The molecule has 1 aromatic carbocycles. The Morgan fingerprint density at radius 2 is 1.84 bits per heavy atom. The zero-order valence-corrected chi connectivity index (χ0v) is 21.8.